The quantitative estimate of drug-likeness (QED) is 0.218. The molecule has 5 rings (SSSR count). The highest BCUT2D eigenvalue weighted by Gasteiger charge is 2.18. The third-order valence-corrected chi connectivity index (χ3v) is 7.44. The predicted octanol–water partition coefficient (Wildman–Crippen LogP) is 5.24. The van der Waals surface area contributed by atoms with Gasteiger partial charge in [0.1, 0.15) is 17.5 Å². The van der Waals surface area contributed by atoms with Gasteiger partial charge in [0, 0.05) is 36.2 Å². The Labute approximate surface area is 244 Å². The summed E-state index contributed by atoms with van der Waals surface area (Å²) in [6.07, 6.45) is 5.17. The van der Waals surface area contributed by atoms with Gasteiger partial charge in [0.15, 0.2) is 5.82 Å². The van der Waals surface area contributed by atoms with E-state index in [9.17, 15) is 9.59 Å². The number of unbranched alkanes of at least 4 members (excludes halogenated alkanes) is 2. The zero-order chi connectivity index (χ0) is 29.6. The van der Waals surface area contributed by atoms with Crippen LogP contribution in [-0.4, -0.2) is 34.5 Å². The van der Waals surface area contributed by atoms with Gasteiger partial charge in [0.25, 0.3) is 5.56 Å². The molecule has 0 aliphatic carbocycles. The first-order valence-corrected chi connectivity index (χ1v) is 14.6. The number of H-pyrrole nitrogens is 1. The highest BCUT2D eigenvalue weighted by molar-refractivity contribution is 5.80. The van der Waals surface area contributed by atoms with Crippen LogP contribution in [0.3, 0.4) is 0 Å². The molecule has 1 N–H and O–H groups in total. The van der Waals surface area contributed by atoms with Gasteiger partial charge in [-0.3, -0.25) is 18.9 Å². The van der Waals surface area contributed by atoms with Crippen LogP contribution in [0.5, 0.6) is 0 Å². The zero-order valence-electron chi connectivity index (χ0n) is 24.7. The second-order valence-electron chi connectivity index (χ2n) is 10.6. The van der Waals surface area contributed by atoms with Gasteiger partial charge < -0.3 is 0 Å². The Balaban J connectivity index is 1.47. The number of aromatic nitrogens is 7. The standard InChI is InChI=1S/C32H37N7O3/c1-5-7-13-28-33-21(3)27(19-29-34-22(4)36-39(29)18-8-6-2)31(40)38(28)20-23-14-16-24(17-15-23)25-11-9-10-12-26(25)30-35-32(41)42-37-30/h9-12,14-17H,5-8,13,18-20H2,1-4H3,(H,35,37,41). The molecular formula is C32H37N7O3. The topological polar surface area (TPSA) is 124 Å². The molecular weight excluding hydrogens is 530 g/mol. The molecule has 2 aromatic carbocycles. The van der Waals surface area contributed by atoms with Crippen LogP contribution in [0.2, 0.25) is 0 Å². The van der Waals surface area contributed by atoms with E-state index in [4.69, 9.17) is 9.51 Å². The zero-order valence-corrected chi connectivity index (χ0v) is 24.7. The van der Waals surface area contributed by atoms with E-state index in [0.717, 1.165) is 78.2 Å². The van der Waals surface area contributed by atoms with Crippen LogP contribution >= 0.6 is 0 Å². The Morgan fingerprint density at radius 1 is 0.881 bits per heavy atom. The number of rotatable bonds is 12. The first-order chi connectivity index (χ1) is 20.4. The number of aryl methyl sites for hydroxylation is 4. The van der Waals surface area contributed by atoms with E-state index in [-0.39, 0.29) is 5.56 Å². The minimum Gasteiger partial charge on any atom is -0.296 e. The minimum absolute atomic E-state index is 0.0271. The van der Waals surface area contributed by atoms with Crippen molar-refractivity contribution in [1.29, 1.82) is 0 Å². The summed E-state index contributed by atoms with van der Waals surface area (Å²) in [7, 11) is 0. The fraction of sp³-hybridized carbons (Fsp3) is 0.375. The molecule has 0 fully saturated rings. The van der Waals surface area contributed by atoms with Crippen molar-refractivity contribution in [2.75, 3.05) is 0 Å². The van der Waals surface area contributed by atoms with Crippen molar-refractivity contribution in [3.63, 3.8) is 0 Å². The Bertz CT molecular complexity index is 1780. The van der Waals surface area contributed by atoms with Gasteiger partial charge in [-0.05, 0) is 43.4 Å². The number of benzene rings is 2. The van der Waals surface area contributed by atoms with Crippen LogP contribution in [0.1, 0.15) is 73.8 Å². The van der Waals surface area contributed by atoms with E-state index >= 15 is 0 Å². The summed E-state index contributed by atoms with van der Waals surface area (Å²) in [6, 6.07) is 15.8. The number of nitrogens with zero attached hydrogens (tertiary/aromatic N) is 6. The van der Waals surface area contributed by atoms with Crippen LogP contribution in [0, 0.1) is 13.8 Å². The molecule has 0 radical (unpaired) electrons. The molecule has 5 aromatic rings. The number of nitrogens with one attached hydrogen (secondary N) is 1. The maximum atomic E-state index is 14.0. The van der Waals surface area contributed by atoms with Gasteiger partial charge in [-0.25, -0.2) is 19.4 Å². The Morgan fingerprint density at radius 3 is 2.31 bits per heavy atom. The van der Waals surface area contributed by atoms with Crippen LogP contribution in [0.4, 0.5) is 0 Å². The average molecular weight is 568 g/mol. The van der Waals surface area contributed by atoms with Crippen LogP contribution in [-0.2, 0) is 25.9 Å². The van der Waals surface area contributed by atoms with Crippen molar-refractivity contribution in [3.05, 3.63) is 104 Å². The van der Waals surface area contributed by atoms with Crippen molar-refractivity contribution in [2.24, 2.45) is 0 Å². The monoisotopic (exact) mass is 567 g/mol. The predicted molar refractivity (Wildman–Crippen MR) is 161 cm³/mol. The molecule has 0 aliphatic rings. The molecule has 10 nitrogen and oxygen atoms in total. The largest absolute Gasteiger partial charge is 0.439 e. The smallest absolute Gasteiger partial charge is 0.296 e. The summed E-state index contributed by atoms with van der Waals surface area (Å²) in [6.45, 7) is 9.29. The van der Waals surface area contributed by atoms with Crippen molar-refractivity contribution >= 4 is 0 Å². The molecule has 42 heavy (non-hydrogen) atoms. The number of hydrogen-bond donors (Lipinski definition) is 1. The molecule has 0 spiro atoms. The highest BCUT2D eigenvalue weighted by Crippen LogP contribution is 2.30. The first-order valence-electron chi connectivity index (χ1n) is 14.6. The molecule has 3 heterocycles. The van der Waals surface area contributed by atoms with Crippen LogP contribution < -0.4 is 11.3 Å². The molecule has 0 bridgehead atoms. The summed E-state index contributed by atoms with van der Waals surface area (Å²) in [5.74, 6) is 2.10. The number of aromatic amines is 1. The average Bonchev–Trinajstić information content (AvgIpc) is 3.59. The van der Waals surface area contributed by atoms with E-state index < -0.39 is 5.76 Å². The summed E-state index contributed by atoms with van der Waals surface area (Å²) in [5, 5.41) is 8.42. The molecule has 0 saturated carbocycles. The normalized spacial score (nSPS) is 11.3. The molecule has 0 unspecified atom stereocenters. The lowest BCUT2D eigenvalue weighted by Crippen LogP contribution is -2.31. The summed E-state index contributed by atoms with van der Waals surface area (Å²) in [4.78, 5) is 37.8. The SMILES string of the molecule is CCCCc1nc(C)c(Cc2nc(C)nn2CCCC)c(=O)n1Cc1ccc(-c2ccccc2-c2noc(=O)[nH]2)cc1. The van der Waals surface area contributed by atoms with E-state index in [0.29, 0.717) is 30.2 Å². The Hall–Kier alpha value is -4.60. The molecule has 0 aliphatic heterocycles. The van der Waals surface area contributed by atoms with Gasteiger partial charge in [0.2, 0.25) is 0 Å². The maximum Gasteiger partial charge on any atom is 0.439 e. The van der Waals surface area contributed by atoms with Gasteiger partial charge in [-0.15, -0.1) is 0 Å². The lowest BCUT2D eigenvalue weighted by atomic mass is 9.98. The molecule has 0 amide bonds. The van der Waals surface area contributed by atoms with Gasteiger partial charge in [-0.1, -0.05) is 80.4 Å². The van der Waals surface area contributed by atoms with Crippen LogP contribution in [0.15, 0.2) is 62.6 Å². The van der Waals surface area contributed by atoms with Crippen molar-refractivity contribution < 1.29 is 4.52 Å². The second-order valence-corrected chi connectivity index (χ2v) is 10.6. The summed E-state index contributed by atoms with van der Waals surface area (Å²) < 4.78 is 8.47. The second kappa shape index (κ2) is 12.9. The maximum absolute atomic E-state index is 14.0. The van der Waals surface area contributed by atoms with Gasteiger partial charge in [-0.2, -0.15) is 5.10 Å². The lowest BCUT2D eigenvalue weighted by molar-refractivity contribution is 0.388. The van der Waals surface area contributed by atoms with E-state index in [1.807, 2.05) is 71.6 Å². The fourth-order valence-corrected chi connectivity index (χ4v) is 5.18. The summed E-state index contributed by atoms with van der Waals surface area (Å²) >= 11 is 0. The molecule has 10 heteroatoms. The minimum atomic E-state index is -0.595. The molecule has 0 atom stereocenters. The Morgan fingerprint density at radius 2 is 1.62 bits per heavy atom. The molecule has 3 aromatic heterocycles. The fourth-order valence-electron chi connectivity index (χ4n) is 5.18. The number of hydrogen-bond acceptors (Lipinski definition) is 7. The Kier molecular flexibility index (Phi) is 8.90. The molecule has 0 saturated heterocycles. The van der Waals surface area contributed by atoms with Crippen molar-refractivity contribution in [1.82, 2.24) is 34.5 Å². The highest BCUT2D eigenvalue weighted by atomic mass is 16.5. The third-order valence-electron chi connectivity index (χ3n) is 7.44. The summed E-state index contributed by atoms with van der Waals surface area (Å²) in [5.41, 5.74) is 5.02. The van der Waals surface area contributed by atoms with Crippen molar-refractivity contribution in [2.45, 2.75) is 79.3 Å². The first kappa shape index (κ1) is 28.9. The van der Waals surface area contributed by atoms with E-state index in [1.165, 1.54) is 0 Å². The van der Waals surface area contributed by atoms with E-state index in [2.05, 4.69) is 34.1 Å². The van der Waals surface area contributed by atoms with Gasteiger partial charge in [0.05, 0.1) is 6.54 Å². The molecule has 218 valence electrons. The lowest BCUT2D eigenvalue weighted by Gasteiger charge is -2.16. The van der Waals surface area contributed by atoms with Crippen LogP contribution in [0.25, 0.3) is 22.5 Å². The van der Waals surface area contributed by atoms with Crippen molar-refractivity contribution in [3.8, 4) is 22.5 Å². The van der Waals surface area contributed by atoms with E-state index in [1.54, 1.807) is 0 Å². The van der Waals surface area contributed by atoms with Gasteiger partial charge >= 0.3 is 5.76 Å². The third kappa shape index (κ3) is 6.32.